The van der Waals surface area contributed by atoms with E-state index in [1.807, 2.05) is 25.7 Å². The number of carbonyl (C=O) groups is 5. The van der Waals surface area contributed by atoms with Crippen LogP contribution in [-0.4, -0.2) is 89.2 Å². The molecule has 1 heterocycles. The number of fused-ring (bicyclic) bond motifs is 1. The molecule has 46 heavy (non-hydrogen) atoms. The Morgan fingerprint density at radius 2 is 1.59 bits per heavy atom. The van der Waals surface area contributed by atoms with Crippen LogP contribution in [0.1, 0.15) is 50.8 Å². The highest BCUT2D eigenvalue weighted by molar-refractivity contribution is 7.99. The lowest BCUT2D eigenvalue weighted by molar-refractivity contribution is -0.142. The van der Waals surface area contributed by atoms with Gasteiger partial charge in [-0.1, -0.05) is 26.8 Å². The summed E-state index contributed by atoms with van der Waals surface area (Å²) in [5, 5.41) is 30.0. The van der Waals surface area contributed by atoms with Crippen molar-refractivity contribution >= 4 is 52.9 Å². The van der Waals surface area contributed by atoms with E-state index in [9.17, 15) is 34.2 Å². The van der Waals surface area contributed by atoms with Crippen LogP contribution in [0.5, 0.6) is 5.75 Å². The Morgan fingerprint density at radius 3 is 2.20 bits per heavy atom. The minimum Gasteiger partial charge on any atom is -0.497 e. The highest BCUT2D eigenvalue weighted by atomic mass is 32.2. The van der Waals surface area contributed by atoms with Crippen molar-refractivity contribution in [2.75, 3.05) is 42.8 Å². The Labute approximate surface area is 272 Å². The fourth-order valence-corrected chi connectivity index (χ4v) is 5.98. The lowest BCUT2D eigenvalue weighted by atomic mass is 9.91. The second kappa shape index (κ2) is 16.3. The first kappa shape index (κ1) is 36.2. The Morgan fingerprint density at radius 1 is 0.957 bits per heavy atom. The molecule has 6 N–H and O–H groups in total. The lowest BCUT2D eigenvalue weighted by Crippen LogP contribution is -2.48. The number of anilines is 2. The second-order valence-corrected chi connectivity index (χ2v) is 13.5. The zero-order chi connectivity index (χ0) is 34.0. The molecular formula is C32H43N5O8S. The number of ether oxygens (including phenoxy) is 1. The van der Waals surface area contributed by atoms with Crippen molar-refractivity contribution in [3.63, 3.8) is 0 Å². The molecule has 4 amide bonds. The van der Waals surface area contributed by atoms with Gasteiger partial charge in [0.2, 0.25) is 11.8 Å². The number of aliphatic carboxylic acids is 2. The minimum atomic E-state index is -1.21. The number of thioether (sulfide) groups is 1. The fraction of sp³-hybridized carbons (Fsp3) is 0.469. The van der Waals surface area contributed by atoms with E-state index in [-0.39, 0.29) is 35.7 Å². The molecule has 2 aromatic rings. The van der Waals surface area contributed by atoms with Gasteiger partial charge in [-0.2, -0.15) is 11.8 Å². The van der Waals surface area contributed by atoms with Crippen molar-refractivity contribution in [2.45, 2.75) is 58.2 Å². The average molecular weight is 658 g/mol. The number of nitrogens with one attached hydrogen (secondary N) is 4. The first-order valence-corrected chi connectivity index (χ1v) is 16.0. The molecule has 0 saturated carbocycles. The molecule has 2 aromatic carbocycles. The van der Waals surface area contributed by atoms with Crippen molar-refractivity contribution in [3.8, 4) is 5.75 Å². The summed E-state index contributed by atoms with van der Waals surface area (Å²) in [6.45, 7) is 6.17. The first-order valence-electron chi connectivity index (χ1n) is 14.8. The van der Waals surface area contributed by atoms with E-state index in [2.05, 4.69) is 21.3 Å². The molecule has 0 saturated heterocycles. The number of carboxylic acid groups (broad SMARTS) is 2. The highest BCUT2D eigenvalue weighted by Crippen LogP contribution is 2.31. The molecule has 0 fully saturated rings. The van der Waals surface area contributed by atoms with E-state index < -0.39 is 42.0 Å². The molecule has 0 spiro atoms. The summed E-state index contributed by atoms with van der Waals surface area (Å²) in [7, 11) is 3.34. The van der Waals surface area contributed by atoms with Gasteiger partial charge < -0.3 is 36.2 Å². The van der Waals surface area contributed by atoms with Crippen LogP contribution in [0.4, 0.5) is 16.2 Å². The molecule has 13 nitrogen and oxygen atoms in total. The molecule has 1 aliphatic heterocycles. The number of hydrogen-bond donors (Lipinski definition) is 6. The van der Waals surface area contributed by atoms with Gasteiger partial charge in [-0.3, -0.25) is 14.5 Å². The van der Waals surface area contributed by atoms with Gasteiger partial charge in [0, 0.05) is 30.1 Å². The smallest absolute Gasteiger partial charge is 0.327 e. The minimum absolute atomic E-state index is 0.0543. The van der Waals surface area contributed by atoms with E-state index in [0.717, 1.165) is 5.56 Å². The molecule has 0 aliphatic carbocycles. The van der Waals surface area contributed by atoms with Crippen LogP contribution in [0, 0.1) is 5.41 Å². The molecule has 0 bridgehead atoms. The van der Waals surface area contributed by atoms with E-state index >= 15 is 0 Å². The van der Waals surface area contributed by atoms with Crippen molar-refractivity contribution < 1.29 is 38.9 Å². The predicted octanol–water partition coefficient (Wildman–Crippen LogP) is 3.57. The number of carbonyl (C=O) groups excluding carboxylic acids is 3. The average Bonchev–Trinajstić information content (AvgIpc) is 2.97. The summed E-state index contributed by atoms with van der Waals surface area (Å²) >= 11 is 1.19. The second-order valence-electron chi connectivity index (χ2n) is 12.3. The normalized spacial score (nSPS) is 15.9. The largest absolute Gasteiger partial charge is 0.497 e. The van der Waals surface area contributed by atoms with Crippen LogP contribution in [0.3, 0.4) is 0 Å². The Kier molecular flexibility index (Phi) is 12.8. The van der Waals surface area contributed by atoms with Crippen molar-refractivity contribution in [3.05, 3.63) is 53.6 Å². The maximum Gasteiger partial charge on any atom is 0.327 e. The summed E-state index contributed by atoms with van der Waals surface area (Å²) in [4.78, 5) is 63.7. The Balaban J connectivity index is 1.58. The molecular weight excluding hydrogens is 614 g/mol. The molecule has 3 atom stereocenters. The van der Waals surface area contributed by atoms with Crippen LogP contribution in [0.25, 0.3) is 0 Å². The summed E-state index contributed by atoms with van der Waals surface area (Å²) in [5.41, 5.74) is 2.40. The summed E-state index contributed by atoms with van der Waals surface area (Å²) in [6, 6.07) is 8.67. The van der Waals surface area contributed by atoms with E-state index in [1.54, 1.807) is 56.6 Å². The van der Waals surface area contributed by atoms with Crippen molar-refractivity contribution in [2.24, 2.45) is 5.41 Å². The van der Waals surface area contributed by atoms with Gasteiger partial charge in [-0.05, 0) is 78.6 Å². The third kappa shape index (κ3) is 10.9. The van der Waals surface area contributed by atoms with Crippen molar-refractivity contribution in [1.82, 2.24) is 15.5 Å². The molecule has 250 valence electrons. The van der Waals surface area contributed by atoms with Gasteiger partial charge >= 0.3 is 18.0 Å². The summed E-state index contributed by atoms with van der Waals surface area (Å²) in [5.74, 6) is -2.25. The first-order chi connectivity index (χ1) is 21.7. The van der Waals surface area contributed by atoms with Gasteiger partial charge in [-0.15, -0.1) is 0 Å². The van der Waals surface area contributed by atoms with Crippen LogP contribution in [-0.2, 0) is 25.6 Å². The van der Waals surface area contributed by atoms with Crippen LogP contribution in [0.15, 0.2) is 42.5 Å². The zero-order valence-corrected chi connectivity index (χ0v) is 27.5. The summed E-state index contributed by atoms with van der Waals surface area (Å²) < 4.78 is 5.13. The SMILES string of the molecule is COc1ccc(NC(=O)Nc2ccc3c(c2)CCN(C)C3C(=O)NC(CCSCC(NC(=O)CC(C)(C)C)C(=O)O)C(=O)O)cc1. The Hall–Kier alpha value is -4.30. The van der Waals surface area contributed by atoms with Crippen molar-refractivity contribution in [1.29, 1.82) is 0 Å². The number of hydrogen-bond acceptors (Lipinski definition) is 8. The number of methoxy groups -OCH3 is 1. The molecule has 0 aromatic heterocycles. The number of amides is 4. The van der Waals surface area contributed by atoms with Gasteiger partial charge in [0.15, 0.2) is 0 Å². The fourth-order valence-electron chi connectivity index (χ4n) is 4.95. The maximum atomic E-state index is 13.4. The molecule has 3 unspecified atom stereocenters. The highest BCUT2D eigenvalue weighted by Gasteiger charge is 2.33. The van der Waals surface area contributed by atoms with Gasteiger partial charge in [-0.25, -0.2) is 14.4 Å². The summed E-state index contributed by atoms with van der Waals surface area (Å²) in [6.07, 6.45) is 0.857. The Bertz CT molecular complexity index is 1410. The molecule has 1 aliphatic rings. The van der Waals surface area contributed by atoms with Crippen LogP contribution in [0.2, 0.25) is 0 Å². The van der Waals surface area contributed by atoms with Crippen LogP contribution >= 0.6 is 11.8 Å². The topological polar surface area (TPSA) is 186 Å². The number of nitrogens with zero attached hydrogens (tertiary/aromatic N) is 1. The number of rotatable bonds is 14. The quantitative estimate of drug-likeness (QED) is 0.164. The standard InChI is InChI=1S/C32H43N5O8S/c1-32(2,3)17-26(38)35-25(30(42)43)18-46-15-13-24(29(40)41)36-28(39)27-23-11-8-21(16-19(23)12-14-37(27)4)34-31(44)33-20-6-9-22(45-5)10-7-20/h6-11,16,24-25,27H,12-15,17-18H2,1-5H3,(H,35,38)(H,36,39)(H,40,41)(H,42,43)(H2,33,34,44). The number of benzene rings is 2. The van der Waals surface area contributed by atoms with Gasteiger partial charge in [0.1, 0.15) is 23.9 Å². The number of likely N-dealkylation sites (N-methyl/N-ethyl adjacent to an activating group) is 1. The van der Waals surface area contributed by atoms with Gasteiger partial charge in [0.05, 0.1) is 7.11 Å². The third-order valence-corrected chi connectivity index (χ3v) is 8.33. The van der Waals surface area contributed by atoms with E-state index in [4.69, 9.17) is 4.74 Å². The molecule has 3 rings (SSSR count). The monoisotopic (exact) mass is 657 g/mol. The molecule has 0 radical (unpaired) electrons. The lowest BCUT2D eigenvalue weighted by Gasteiger charge is -2.34. The van der Waals surface area contributed by atoms with Crippen LogP contribution < -0.4 is 26.0 Å². The van der Waals surface area contributed by atoms with E-state index in [1.165, 1.54) is 11.8 Å². The van der Waals surface area contributed by atoms with E-state index in [0.29, 0.717) is 35.7 Å². The third-order valence-electron chi connectivity index (χ3n) is 7.24. The number of carboxylic acids is 2. The zero-order valence-electron chi connectivity index (χ0n) is 26.7. The molecule has 14 heteroatoms. The van der Waals surface area contributed by atoms with Gasteiger partial charge in [0.25, 0.3) is 0 Å². The predicted molar refractivity (Wildman–Crippen MR) is 176 cm³/mol. The number of urea groups is 1. The maximum absolute atomic E-state index is 13.4.